The Bertz CT molecular complexity index is 680. The van der Waals surface area contributed by atoms with Gasteiger partial charge in [-0.15, -0.1) is 0 Å². The Balaban J connectivity index is 1.67. The van der Waals surface area contributed by atoms with Crippen LogP contribution < -0.4 is 5.73 Å². The van der Waals surface area contributed by atoms with Crippen molar-refractivity contribution >= 4 is 17.4 Å². The number of nitrogens with two attached hydrogens (primary N) is 1. The molecule has 0 saturated carbocycles. The minimum Gasteiger partial charge on any atom is -0.444 e. The van der Waals surface area contributed by atoms with E-state index in [9.17, 15) is 0 Å². The molecule has 2 heterocycles. The smallest absolute Gasteiger partial charge is 0.226 e. The van der Waals surface area contributed by atoms with Crippen molar-refractivity contribution < 1.29 is 4.42 Å². The lowest BCUT2D eigenvalue weighted by atomic mass is 10.2. The van der Waals surface area contributed by atoms with E-state index in [0.717, 1.165) is 16.3 Å². The second-order valence-corrected chi connectivity index (χ2v) is 5.22. The van der Waals surface area contributed by atoms with Gasteiger partial charge in [0.25, 0.3) is 0 Å². The van der Waals surface area contributed by atoms with Crippen LogP contribution in [0.3, 0.4) is 0 Å². The van der Waals surface area contributed by atoms with Crippen molar-refractivity contribution in [2.75, 3.05) is 5.73 Å². The average molecular weight is 283 g/mol. The highest BCUT2D eigenvalue weighted by atomic mass is 32.2. The molecule has 1 aromatic carbocycles. The van der Waals surface area contributed by atoms with E-state index in [-0.39, 0.29) is 0 Å². The van der Waals surface area contributed by atoms with Crippen LogP contribution in [-0.4, -0.2) is 9.97 Å². The molecule has 0 atom stereocenters. The predicted molar refractivity (Wildman–Crippen MR) is 80.1 cm³/mol. The van der Waals surface area contributed by atoms with Gasteiger partial charge < -0.3 is 10.2 Å². The summed E-state index contributed by atoms with van der Waals surface area (Å²) >= 11 is 1.60. The Kier molecular flexibility index (Phi) is 3.69. The van der Waals surface area contributed by atoms with Gasteiger partial charge in [0.1, 0.15) is 6.26 Å². The summed E-state index contributed by atoms with van der Waals surface area (Å²) in [5, 5.41) is 0.920. The number of aromatic nitrogens is 2. The number of oxazole rings is 1. The second-order valence-electron chi connectivity index (χ2n) is 4.23. The van der Waals surface area contributed by atoms with Crippen molar-refractivity contribution in [2.24, 2.45) is 0 Å². The molecule has 20 heavy (non-hydrogen) atoms. The summed E-state index contributed by atoms with van der Waals surface area (Å²) in [7, 11) is 0. The third-order valence-electron chi connectivity index (χ3n) is 2.70. The third kappa shape index (κ3) is 3.00. The largest absolute Gasteiger partial charge is 0.444 e. The van der Waals surface area contributed by atoms with Crippen LogP contribution in [0.4, 0.5) is 5.69 Å². The van der Waals surface area contributed by atoms with Crippen molar-refractivity contribution in [2.45, 2.75) is 10.8 Å². The van der Waals surface area contributed by atoms with Gasteiger partial charge >= 0.3 is 0 Å². The first kappa shape index (κ1) is 12.7. The standard InChI is InChI=1S/C15H13N3OS/c16-12-6-7-14(17-8-12)20-10-13-9-19-15(18-13)11-4-2-1-3-5-11/h1-9H,10,16H2. The van der Waals surface area contributed by atoms with E-state index in [4.69, 9.17) is 10.2 Å². The molecule has 3 aromatic rings. The maximum Gasteiger partial charge on any atom is 0.226 e. The minimum absolute atomic E-state index is 0.645. The van der Waals surface area contributed by atoms with Crippen LogP contribution in [-0.2, 0) is 5.75 Å². The van der Waals surface area contributed by atoms with Crippen LogP contribution in [0.15, 0.2) is 64.4 Å². The molecule has 0 radical (unpaired) electrons. The van der Waals surface area contributed by atoms with E-state index in [2.05, 4.69) is 9.97 Å². The lowest BCUT2D eigenvalue weighted by molar-refractivity contribution is 0.573. The SMILES string of the molecule is Nc1ccc(SCc2coc(-c3ccccc3)n2)nc1. The molecular formula is C15H13N3OS. The maximum atomic E-state index is 5.60. The molecule has 0 aliphatic heterocycles. The molecule has 0 aliphatic rings. The summed E-state index contributed by atoms with van der Waals surface area (Å²) in [6.07, 6.45) is 3.34. The monoisotopic (exact) mass is 283 g/mol. The summed E-state index contributed by atoms with van der Waals surface area (Å²) in [4.78, 5) is 8.71. The Morgan fingerprint density at radius 1 is 1.10 bits per heavy atom. The van der Waals surface area contributed by atoms with Crippen LogP contribution in [0.1, 0.15) is 5.69 Å². The Morgan fingerprint density at radius 2 is 1.95 bits per heavy atom. The molecule has 4 nitrogen and oxygen atoms in total. The Hall–Kier alpha value is -2.27. The van der Waals surface area contributed by atoms with Gasteiger partial charge in [0.05, 0.1) is 22.6 Å². The van der Waals surface area contributed by atoms with Gasteiger partial charge in [-0.3, -0.25) is 0 Å². The molecule has 5 heteroatoms. The van der Waals surface area contributed by atoms with Crippen LogP contribution in [0.25, 0.3) is 11.5 Å². The topological polar surface area (TPSA) is 64.9 Å². The normalized spacial score (nSPS) is 10.6. The van der Waals surface area contributed by atoms with Crippen LogP contribution >= 0.6 is 11.8 Å². The van der Waals surface area contributed by atoms with Crippen molar-refractivity contribution in [3.05, 3.63) is 60.6 Å². The van der Waals surface area contributed by atoms with E-state index < -0.39 is 0 Å². The van der Waals surface area contributed by atoms with E-state index in [1.807, 2.05) is 42.5 Å². The molecule has 0 unspecified atom stereocenters. The van der Waals surface area contributed by atoms with Crippen LogP contribution in [0, 0.1) is 0 Å². The molecule has 100 valence electrons. The zero-order valence-corrected chi connectivity index (χ0v) is 11.5. The van der Waals surface area contributed by atoms with E-state index >= 15 is 0 Å². The average Bonchev–Trinajstić information content (AvgIpc) is 2.97. The van der Waals surface area contributed by atoms with Crippen molar-refractivity contribution in [1.82, 2.24) is 9.97 Å². The molecular weight excluding hydrogens is 270 g/mol. The number of benzene rings is 1. The second kappa shape index (κ2) is 5.79. The number of hydrogen-bond acceptors (Lipinski definition) is 5. The number of nitrogens with zero attached hydrogens (tertiary/aromatic N) is 2. The number of thioether (sulfide) groups is 1. The minimum atomic E-state index is 0.645. The van der Waals surface area contributed by atoms with E-state index in [1.165, 1.54) is 0 Å². The zero-order chi connectivity index (χ0) is 13.8. The van der Waals surface area contributed by atoms with Crippen molar-refractivity contribution in [3.63, 3.8) is 0 Å². The number of rotatable bonds is 4. The number of nitrogen functional groups attached to an aromatic ring is 1. The highest BCUT2D eigenvalue weighted by Crippen LogP contribution is 2.23. The fraction of sp³-hybridized carbons (Fsp3) is 0.0667. The summed E-state index contributed by atoms with van der Waals surface area (Å²) in [6.45, 7) is 0. The van der Waals surface area contributed by atoms with Gasteiger partial charge in [-0.05, 0) is 24.3 Å². The summed E-state index contributed by atoms with van der Waals surface area (Å²) in [5.74, 6) is 1.36. The van der Waals surface area contributed by atoms with Crippen LogP contribution in [0.2, 0.25) is 0 Å². The predicted octanol–water partition coefficient (Wildman–Crippen LogP) is 3.61. The number of pyridine rings is 1. The molecule has 0 saturated heterocycles. The molecule has 0 bridgehead atoms. The molecule has 0 spiro atoms. The summed E-state index contributed by atoms with van der Waals surface area (Å²) in [5.41, 5.74) is 8.15. The molecule has 2 aromatic heterocycles. The fourth-order valence-electron chi connectivity index (χ4n) is 1.71. The Labute approximate surface area is 121 Å². The molecule has 0 fully saturated rings. The number of hydrogen-bond donors (Lipinski definition) is 1. The van der Waals surface area contributed by atoms with Gasteiger partial charge in [-0.2, -0.15) is 0 Å². The van der Waals surface area contributed by atoms with Crippen molar-refractivity contribution in [3.8, 4) is 11.5 Å². The summed E-state index contributed by atoms with van der Waals surface area (Å²) in [6, 6.07) is 13.6. The Morgan fingerprint density at radius 3 is 2.70 bits per heavy atom. The van der Waals surface area contributed by atoms with Crippen molar-refractivity contribution in [1.29, 1.82) is 0 Å². The maximum absolute atomic E-state index is 5.60. The molecule has 0 aliphatic carbocycles. The highest BCUT2D eigenvalue weighted by Gasteiger charge is 2.06. The van der Waals surface area contributed by atoms with Gasteiger partial charge in [0, 0.05) is 11.3 Å². The number of anilines is 1. The molecule has 0 amide bonds. The van der Waals surface area contributed by atoms with Gasteiger partial charge in [-0.25, -0.2) is 9.97 Å². The van der Waals surface area contributed by atoms with E-state index in [0.29, 0.717) is 17.3 Å². The first-order valence-electron chi connectivity index (χ1n) is 6.15. The van der Waals surface area contributed by atoms with Gasteiger partial charge in [-0.1, -0.05) is 30.0 Å². The fourth-order valence-corrected chi connectivity index (χ4v) is 2.43. The first-order chi connectivity index (χ1) is 9.81. The lowest BCUT2D eigenvalue weighted by Crippen LogP contribution is -1.87. The quantitative estimate of drug-likeness (QED) is 0.741. The molecule has 2 N–H and O–H groups in total. The highest BCUT2D eigenvalue weighted by molar-refractivity contribution is 7.98. The van der Waals surface area contributed by atoms with Gasteiger partial charge in [0.15, 0.2) is 0 Å². The third-order valence-corrected chi connectivity index (χ3v) is 3.68. The van der Waals surface area contributed by atoms with Crippen LogP contribution in [0.5, 0.6) is 0 Å². The zero-order valence-electron chi connectivity index (χ0n) is 10.7. The van der Waals surface area contributed by atoms with Gasteiger partial charge in [0.2, 0.25) is 5.89 Å². The lowest BCUT2D eigenvalue weighted by Gasteiger charge is -1.98. The van der Waals surface area contributed by atoms with E-state index in [1.54, 1.807) is 24.2 Å². The summed E-state index contributed by atoms with van der Waals surface area (Å²) < 4.78 is 5.49. The molecule has 3 rings (SSSR count). The first-order valence-corrected chi connectivity index (χ1v) is 7.14.